The molecule has 2 rings (SSSR count). The van der Waals surface area contributed by atoms with Crippen LogP contribution in [0.5, 0.6) is 5.75 Å². The first-order chi connectivity index (χ1) is 10.0. The first-order valence-electron chi connectivity index (χ1n) is 5.96. The van der Waals surface area contributed by atoms with Gasteiger partial charge in [-0.25, -0.2) is 4.79 Å². The van der Waals surface area contributed by atoms with Gasteiger partial charge in [0.1, 0.15) is 12.2 Å². The Balaban J connectivity index is 2.19. The van der Waals surface area contributed by atoms with Crippen molar-refractivity contribution in [3.63, 3.8) is 0 Å². The third-order valence-electron chi connectivity index (χ3n) is 2.73. The molecule has 0 amide bonds. The Morgan fingerprint density at radius 2 is 1.81 bits per heavy atom. The van der Waals surface area contributed by atoms with Crippen LogP contribution in [0.2, 0.25) is 15.1 Å². The van der Waals surface area contributed by atoms with E-state index in [0.717, 1.165) is 5.56 Å². The van der Waals surface area contributed by atoms with Crippen LogP contribution in [-0.2, 0) is 11.3 Å². The van der Waals surface area contributed by atoms with Crippen molar-refractivity contribution >= 4 is 40.8 Å². The number of esters is 1. The second kappa shape index (κ2) is 7.03. The van der Waals surface area contributed by atoms with Crippen molar-refractivity contribution in [3.8, 4) is 5.75 Å². The third-order valence-corrected chi connectivity index (χ3v) is 3.57. The molecule has 0 aliphatic carbocycles. The molecule has 0 fully saturated rings. The van der Waals surface area contributed by atoms with E-state index in [1.807, 2.05) is 0 Å². The van der Waals surface area contributed by atoms with Crippen LogP contribution in [-0.4, -0.2) is 13.1 Å². The highest BCUT2D eigenvalue weighted by Crippen LogP contribution is 2.34. The molecule has 0 heterocycles. The van der Waals surface area contributed by atoms with Crippen molar-refractivity contribution in [1.82, 2.24) is 0 Å². The number of benzene rings is 2. The number of methoxy groups -OCH3 is 1. The smallest absolute Gasteiger partial charge is 0.343 e. The normalized spacial score (nSPS) is 10.3. The number of rotatable bonds is 4. The number of carbonyl (C=O) groups excluding carboxylic acids is 1. The van der Waals surface area contributed by atoms with Gasteiger partial charge in [-0.3, -0.25) is 0 Å². The van der Waals surface area contributed by atoms with Crippen LogP contribution in [0.3, 0.4) is 0 Å². The van der Waals surface area contributed by atoms with Crippen LogP contribution in [0, 0.1) is 0 Å². The van der Waals surface area contributed by atoms with Gasteiger partial charge in [-0.1, -0.05) is 46.9 Å². The van der Waals surface area contributed by atoms with Crippen molar-refractivity contribution in [2.75, 3.05) is 7.11 Å². The van der Waals surface area contributed by atoms with E-state index in [2.05, 4.69) is 0 Å². The van der Waals surface area contributed by atoms with Gasteiger partial charge in [-0.15, -0.1) is 0 Å². The molecule has 6 heteroatoms. The highest BCUT2D eigenvalue weighted by molar-refractivity contribution is 6.37. The van der Waals surface area contributed by atoms with Gasteiger partial charge >= 0.3 is 5.97 Å². The Kier molecular flexibility index (Phi) is 5.34. The molecule has 0 aromatic heterocycles. The van der Waals surface area contributed by atoms with Crippen LogP contribution in [0.4, 0.5) is 0 Å². The van der Waals surface area contributed by atoms with Gasteiger partial charge in [-0.05, 0) is 29.8 Å². The molecule has 0 aliphatic rings. The Morgan fingerprint density at radius 1 is 1.10 bits per heavy atom. The Hall–Kier alpha value is -1.42. The van der Waals surface area contributed by atoms with Gasteiger partial charge in [0, 0.05) is 5.02 Å². The number of hydrogen-bond acceptors (Lipinski definition) is 3. The second-order valence-electron chi connectivity index (χ2n) is 4.14. The summed E-state index contributed by atoms with van der Waals surface area (Å²) >= 11 is 17.9. The lowest BCUT2D eigenvalue weighted by molar-refractivity contribution is 0.0469. The minimum absolute atomic E-state index is 0.0748. The maximum absolute atomic E-state index is 12.2. The van der Waals surface area contributed by atoms with Gasteiger partial charge in [-0.2, -0.15) is 0 Å². The molecular formula is C15H11Cl3O3. The van der Waals surface area contributed by atoms with E-state index < -0.39 is 5.97 Å². The van der Waals surface area contributed by atoms with Gasteiger partial charge in [0.2, 0.25) is 0 Å². The summed E-state index contributed by atoms with van der Waals surface area (Å²) < 4.78 is 10.3. The van der Waals surface area contributed by atoms with E-state index >= 15 is 0 Å². The monoisotopic (exact) mass is 344 g/mol. The Morgan fingerprint density at radius 3 is 2.48 bits per heavy atom. The summed E-state index contributed by atoms with van der Waals surface area (Å²) in [6, 6.07) is 10.1. The number of halogens is 3. The minimum atomic E-state index is -0.612. The van der Waals surface area contributed by atoms with Crippen LogP contribution >= 0.6 is 34.8 Å². The second-order valence-corrected chi connectivity index (χ2v) is 5.39. The van der Waals surface area contributed by atoms with Crippen LogP contribution in [0.15, 0.2) is 36.4 Å². The summed E-state index contributed by atoms with van der Waals surface area (Å²) in [5.41, 5.74) is 0.877. The molecule has 2 aromatic carbocycles. The maximum atomic E-state index is 12.2. The molecule has 0 bridgehead atoms. The molecule has 0 N–H and O–H groups in total. The topological polar surface area (TPSA) is 35.5 Å². The van der Waals surface area contributed by atoms with E-state index in [9.17, 15) is 4.79 Å². The van der Waals surface area contributed by atoms with Crippen LogP contribution < -0.4 is 4.74 Å². The van der Waals surface area contributed by atoms with Crippen molar-refractivity contribution < 1.29 is 14.3 Å². The summed E-state index contributed by atoms with van der Waals surface area (Å²) in [7, 11) is 1.41. The van der Waals surface area contributed by atoms with Gasteiger partial charge < -0.3 is 9.47 Å². The van der Waals surface area contributed by atoms with Crippen LogP contribution in [0.1, 0.15) is 15.9 Å². The van der Waals surface area contributed by atoms with Gasteiger partial charge in [0.05, 0.1) is 17.2 Å². The first-order valence-corrected chi connectivity index (χ1v) is 7.10. The molecule has 0 spiro atoms. The largest absolute Gasteiger partial charge is 0.494 e. The van der Waals surface area contributed by atoms with Crippen molar-refractivity contribution in [3.05, 3.63) is 62.6 Å². The zero-order chi connectivity index (χ0) is 15.4. The number of ether oxygens (including phenoxy) is 2. The summed E-state index contributed by atoms with van der Waals surface area (Å²) in [5, 5.41) is 1.07. The first kappa shape index (κ1) is 16.0. The lowest BCUT2D eigenvalue weighted by Crippen LogP contribution is -2.08. The highest BCUT2D eigenvalue weighted by Gasteiger charge is 2.20. The molecule has 21 heavy (non-hydrogen) atoms. The van der Waals surface area contributed by atoms with E-state index in [1.165, 1.54) is 13.2 Å². The number of carbonyl (C=O) groups is 1. The maximum Gasteiger partial charge on any atom is 0.343 e. The fraction of sp³-hybridized carbons (Fsp3) is 0.133. The zero-order valence-corrected chi connectivity index (χ0v) is 13.3. The van der Waals surface area contributed by atoms with Crippen molar-refractivity contribution in [2.24, 2.45) is 0 Å². The molecular weight excluding hydrogens is 335 g/mol. The molecule has 0 unspecified atom stereocenters. The van der Waals surface area contributed by atoms with E-state index in [4.69, 9.17) is 44.3 Å². The summed E-state index contributed by atoms with van der Waals surface area (Å²) in [6.07, 6.45) is 0. The predicted octanol–water partition coefficient (Wildman–Crippen LogP) is 5.01. The zero-order valence-electron chi connectivity index (χ0n) is 11.0. The fourth-order valence-electron chi connectivity index (χ4n) is 1.77. The summed E-state index contributed by atoms with van der Waals surface area (Å²) in [6.45, 7) is 0.0748. The van der Waals surface area contributed by atoms with Gasteiger partial charge in [0.15, 0.2) is 5.75 Å². The lowest BCUT2D eigenvalue weighted by atomic mass is 10.2. The highest BCUT2D eigenvalue weighted by atomic mass is 35.5. The van der Waals surface area contributed by atoms with Crippen LogP contribution in [0.25, 0.3) is 0 Å². The molecule has 0 saturated heterocycles. The molecule has 2 aromatic rings. The fourth-order valence-corrected chi connectivity index (χ4v) is 2.44. The summed E-state index contributed by atoms with van der Waals surface area (Å²) in [4.78, 5) is 12.2. The van der Waals surface area contributed by atoms with E-state index in [0.29, 0.717) is 5.02 Å². The third kappa shape index (κ3) is 3.82. The molecule has 3 nitrogen and oxygen atoms in total. The predicted molar refractivity (Wildman–Crippen MR) is 83.6 cm³/mol. The summed E-state index contributed by atoms with van der Waals surface area (Å²) in [5.74, 6) is -0.417. The SMILES string of the molecule is COc1c(Cl)ccc(Cl)c1C(=O)OCc1cccc(Cl)c1. The molecule has 0 aliphatic heterocycles. The molecule has 0 radical (unpaired) electrons. The quantitative estimate of drug-likeness (QED) is 0.730. The molecule has 110 valence electrons. The lowest BCUT2D eigenvalue weighted by Gasteiger charge is -2.12. The van der Waals surface area contributed by atoms with Crippen molar-refractivity contribution in [1.29, 1.82) is 0 Å². The van der Waals surface area contributed by atoms with Crippen molar-refractivity contribution in [2.45, 2.75) is 6.61 Å². The van der Waals surface area contributed by atoms with Gasteiger partial charge in [0.25, 0.3) is 0 Å². The Bertz CT molecular complexity index is 671. The average Bonchev–Trinajstić information content (AvgIpc) is 2.47. The molecule has 0 atom stereocenters. The minimum Gasteiger partial charge on any atom is -0.494 e. The van der Waals surface area contributed by atoms with E-state index in [1.54, 1.807) is 30.3 Å². The average molecular weight is 346 g/mol. The Labute approximate surface area is 137 Å². The standard InChI is InChI=1S/C15H11Cl3O3/c1-20-14-12(18)6-5-11(17)13(14)15(19)21-8-9-3-2-4-10(16)7-9/h2-7H,8H2,1H3. The molecule has 0 saturated carbocycles. The number of hydrogen-bond donors (Lipinski definition) is 0. The van der Waals surface area contributed by atoms with E-state index in [-0.39, 0.29) is 28.0 Å².